The van der Waals surface area contributed by atoms with Gasteiger partial charge in [-0.25, -0.2) is 19.9 Å². The molecule has 0 N–H and O–H groups in total. The van der Waals surface area contributed by atoms with E-state index in [9.17, 15) is 0 Å². The van der Waals surface area contributed by atoms with E-state index in [-0.39, 0.29) is 53.0 Å². The van der Waals surface area contributed by atoms with Gasteiger partial charge in [0.2, 0.25) is 5.95 Å². The molecule has 0 fully saturated rings. The predicted molar refractivity (Wildman–Crippen MR) is 271 cm³/mol. The molecule has 6 heterocycles. The van der Waals surface area contributed by atoms with Gasteiger partial charge in [-0.1, -0.05) is 135 Å². The van der Waals surface area contributed by atoms with E-state index >= 15 is 0 Å². The van der Waals surface area contributed by atoms with Gasteiger partial charge in [-0.2, -0.15) is 29.0 Å². The summed E-state index contributed by atoms with van der Waals surface area (Å²) in [5, 5.41) is 6.34. The summed E-state index contributed by atoms with van der Waals surface area (Å²) in [6.07, 6.45) is 7.13. The molecule has 6 aromatic heterocycles. The van der Waals surface area contributed by atoms with Crippen LogP contribution in [-0.2, 0) is 53.0 Å². The zero-order chi connectivity index (χ0) is 46.5. The maximum atomic E-state index is 7.04. The van der Waals surface area contributed by atoms with Crippen LogP contribution in [0.3, 0.4) is 0 Å². The minimum atomic E-state index is -0.342. The minimum Gasteiger partial charge on any atom is -0.509 e. The van der Waals surface area contributed by atoms with E-state index in [1.165, 1.54) is 0 Å². The molecule has 9 nitrogen and oxygen atoms in total. The van der Waals surface area contributed by atoms with E-state index in [4.69, 9.17) is 29.4 Å². The Morgan fingerprint density at radius 3 is 1.49 bits per heavy atom. The van der Waals surface area contributed by atoms with Gasteiger partial charge in [0, 0.05) is 58.8 Å². The predicted octanol–water partition coefficient (Wildman–Crippen LogP) is 14.2. The molecule has 0 spiro atoms. The molecule has 348 valence electrons. The Labute approximate surface area is 434 Å². The maximum Gasteiger partial charge on any atom is 2.00 e. The number of hydrogen-bond donors (Lipinski definition) is 0. The van der Waals surface area contributed by atoms with Crippen LogP contribution >= 0.6 is 0 Å². The molecular weight excluding hydrogens is 1230 g/mol. The second-order valence-corrected chi connectivity index (χ2v) is 19.3. The Balaban J connectivity index is 0.00000284. The number of nitrogens with zero attached hydrogens (tertiary/aromatic N) is 7. The van der Waals surface area contributed by atoms with Crippen LogP contribution in [0.15, 0.2) is 146 Å². The van der Waals surface area contributed by atoms with Gasteiger partial charge < -0.3 is 23.2 Å². The number of para-hydroxylation sites is 2. The van der Waals surface area contributed by atoms with Crippen molar-refractivity contribution in [1.29, 1.82) is 0 Å². The van der Waals surface area contributed by atoms with Crippen LogP contribution in [-0.4, -0.2) is 33.6 Å². The molecule has 0 saturated heterocycles. The van der Waals surface area contributed by atoms with Gasteiger partial charge in [-0.15, -0.1) is 58.5 Å². The third kappa shape index (κ3) is 7.80. The second-order valence-electron chi connectivity index (χ2n) is 19.3. The van der Waals surface area contributed by atoms with E-state index in [0.29, 0.717) is 28.9 Å². The van der Waals surface area contributed by atoms with Crippen molar-refractivity contribution in [2.45, 2.75) is 59.3 Å². The Hall–Kier alpha value is -6.92. The fourth-order valence-corrected chi connectivity index (χ4v) is 9.63. The van der Waals surface area contributed by atoms with Crippen molar-refractivity contribution >= 4 is 65.4 Å². The van der Waals surface area contributed by atoms with Crippen molar-refractivity contribution in [2.24, 2.45) is 0 Å². The largest absolute Gasteiger partial charge is 2.00 e. The summed E-state index contributed by atoms with van der Waals surface area (Å²) >= 11 is 0. The first kappa shape index (κ1) is 46.8. The molecule has 6 aromatic carbocycles. The topological polar surface area (TPSA) is 84.8 Å². The first-order valence-electron chi connectivity index (χ1n) is 22.8. The SMILES string of the molecule is Cc1cc(Oc2[c-]c3c(cc2C(C)(C)C)c2cc(C(C)(C)C)c(Oc4[c-]c5c(cc4)c4ccccc4n5-c4ccccn4)[c-]c2n3-c2ncccn2)[c-]c2c1c1ccccc1n2-c1ccccn1.[Pt+2].[Pt+2]. The zero-order valence-electron chi connectivity index (χ0n) is 39.4. The molecule has 0 amide bonds. The molecule has 0 radical (unpaired) electrons. The maximum absolute atomic E-state index is 7.04. The Morgan fingerprint density at radius 2 is 0.914 bits per heavy atom. The summed E-state index contributed by atoms with van der Waals surface area (Å²) in [5.74, 6) is 4.37. The molecule has 12 aromatic rings. The van der Waals surface area contributed by atoms with Crippen molar-refractivity contribution in [3.05, 3.63) is 187 Å². The number of aromatic nitrogens is 7. The average Bonchev–Trinajstić information content (AvgIpc) is 3.96. The number of benzene rings is 6. The minimum absolute atomic E-state index is 0. The van der Waals surface area contributed by atoms with Crippen molar-refractivity contribution in [1.82, 2.24) is 33.6 Å². The molecule has 0 saturated carbocycles. The van der Waals surface area contributed by atoms with Gasteiger partial charge in [0.15, 0.2) is 0 Å². The van der Waals surface area contributed by atoms with E-state index in [0.717, 1.165) is 93.7 Å². The van der Waals surface area contributed by atoms with Crippen LogP contribution in [0.2, 0.25) is 0 Å². The normalized spacial score (nSPS) is 12.0. The number of fused-ring (bicyclic) bond motifs is 9. The summed E-state index contributed by atoms with van der Waals surface area (Å²) in [5.41, 5.74) is 7.69. The van der Waals surface area contributed by atoms with Gasteiger partial charge >= 0.3 is 42.1 Å². The third-order valence-electron chi connectivity index (χ3n) is 12.7. The zero-order valence-corrected chi connectivity index (χ0v) is 44.0. The quantitative estimate of drug-likeness (QED) is 0.148. The molecule has 0 aliphatic carbocycles. The van der Waals surface area contributed by atoms with Crippen LogP contribution in [0.1, 0.15) is 58.2 Å². The van der Waals surface area contributed by atoms with Crippen LogP contribution < -0.4 is 9.47 Å². The molecule has 0 bridgehead atoms. The summed E-state index contributed by atoms with van der Waals surface area (Å²) in [6.45, 7) is 15.3. The van der Waals surface area contributed by atoms with Gasteiger partial charge in [-0.05, 0) is 53.2 Å². The molecule has 0 aliphatic rings. The first-order valence-corrected chi connectivity index (χ1v) is 22.8. The number of pyridine rings is 2. The summed E-state index contributed by atoms with van der Waals surface area (Å²) < 4.78 is 20.3. The van der Waals surface area contributed by atoms with Crippen LogP contribution in [0, 0.1) is 31.2 Å². The number of hydrogen-bond acceptors (Lipinski definition) is 6. The summed E-state index contributed by atoms with van der Waals surface area (Å²) in [6, 6.07) is 55.9. The first-order chi connectivity index (χ1) is 32.9. The molecule has 0 aliphatic heterocycles. The van der Waals surface area contributed by atoms with Crippen molar-refractivity contribution in [2.75, 3.05) is 0 Å². The van der Waals surface area contributed by atoms with Gasteiger partial charge in [0.25, 0.3) is 0 Å². The third-order valence-corrected chi connectivity index (χ3v) is 12.7. The number of rotatable bonds is 7. The van der Waals surface area contributed by atoms with Gasteiger partial charge in [0.1, 0.15) is 11.6 Å². The van der Waals surface area contributed by atoms with Crippen molar-refractivity contribution in [3.8, 4) is 40.6 Å². The van der Waals surface area contributed by atoms with E-state index in [1.54, 1.807) is 12.4 Å². The van der Waals surface area contributed by atoms with Crippen molar-refractivity contribution < 1.29 is 51.6 Å². The standard InChI is InChI=1S/C59H45N7O2.2Pt/c1-36-29-38(31-51-56(36)41-18-9-11-20-47(41)65(51)55-22-13-15-26-61-55)68-53-35-50-43(33-45(53)59(5,6)7)42-32-44(58(2,3)4)52(34-49(42)66(50)57-62-27-16-28-63-57)67-37-23-24-40-39-17-8-10-19-46(39)64(48(40)30-37)54-21-12-14-25-60-54;;/h8-29,32-33H,1-7H3;;/q-4;2*+2. The summed E-state index contributed by atoms with van der Waals surface area (Å²) in [4.78, 5) is 19.1. The molecular formula is C59H45N7O2Pt2. The Morgan fingerprint density at radius 1 is 0.429 bits per heavy atom. The Kier molecular flexibility index (Phi) is 11.9. The van der Waals surface area contributed by atoms with Crippen molar-refractivity contribution in [3.63, 3.8) is 0 Å². The molecule has 12 rings (SSSR count). The van der Waals surface area contributed by atoms with Gasteiger partial charge in [0.05, 0.1) is 0 Å². The molecule has 70 heavy (non-hydrogen) atoms. The molecule has 0 atom stereocenters. The monoisotopic (exact) mass is 1270 g/mol. The number of ether oxygens (including phenoxy) is 2. The molecule has 0 unspecified atom stereocenters. The Bertz CT molecular complexity index is 3940. The number of aryl methyl sites for hydroxylation is 1. The smallest absolute Gasteiger partial charge is 0.509 e. The van der Waals surface area contributed by atoms with Crippen LogP contribution in [0.25, 0.3) is 83.0 Å². The fourth-order valence-electron chi connectivity index (χ4n) is 9.63. The molecule has 11 heteroatoms. The average molecular weight is 1270 g/mol. The van der Waals surface area contributed by atoms with E-state index < -0.39 is 0 Å². The van der Waals surface area contributed by atoms with Crippen LogP contribution in [0.4, 0.5) is 0 Å². The van der Waals surface area contributed by atoms with Crippen LogP contribution in [0.5, 0.6) is 23.0 Å². The fraction of sp³-hybridized carbons (Fsp3) is 0.153. The van der Waals surface area contributed by atoms with Gasteiger partial charge in [-0.3, -0.25) is 0 Å². The summed E-state index contributed by atoms with van der Waals surface area (Å²) in [7, 11) is 0. The van der Waals surface area contributed by atoms with E-state index in [1.807, 2.05) is 71.6 Å². The van der Waals surface area contributed by atoms with E-state index in [2.05, 4.69) is 149 Å². The second kappa shape index (κ2) is 17.8.